The average Bonchev–Trinajstić information content (AvgIpc) is 2.55. The molecule has 0 amide bonds. The van der Waals surface area contributed by atoms with Crippen molar-refractivity contribution in [3.8, 4) is 17.6 Å². The molecule has 22 heavy (non-hydrogen) atoms. The molecule has 0 saturated carbocycles. The molecule has 4 heteroatoms. The van der Waals surface area contributed by atoms with Gasteiger partial charge in [-0.05, 0) is 42.8 Å². The maximum absolute atomic E-state index is 8.94. The Labute approximate surface area is 130 Å². The average molecular weight is 291 g/mol. The van der Waals surface area contributed by atoms with E-state index in [0.29, 0.717) is 11.3 Å². The van der Waals surface area contributed by atoms with Crippen LogP contribution in [0.15, 0.2) is 47.5 Å². The fraction of sp³-hybridized carbons (Fsp3) is 0.222. The lowest BCUT2D eigenvalue weighted by molar-refractivity contribution is 0.417. The van der Waals surface area contributed by atoms with Gasteiger partial charge in [0, 0.05) is 18.7 Å². The standard InChI is InChI=1S/C18H17N3O/c1-2-8-21-12-15-10-17(6-7-18(15)20-13-21)22-16-5-3-4-14(9-16)11-19/h3-7,9-10,13H,2,8,12H2,1H3. The summed E-state index contributed by atoms with van der Waals surface area (Å²) in [6.45, 7) is 4.01. The van der Waals surface area contributed by atoms with Crippen LogP contribution in [0.2, 0.25) is 0 Å². The summed E-state index contributed by atoms with van der Waals surface area (Å²) in [7, 11) is 0. The van der Waals surface area contributed by atoms with E-state index in [1.807, 2.05) is 36.7 Å². The van der Waals surface area contributed by atoms with Crippen molar-refractivity contribution >= 4 is 12.0 Å². The minimum atomic E-state index is 0.592. The zero-order valence-corrected chi connectivity index (χ0v) is 12.5. The van der Waals surface area contributed by atoms with Crippen LogP contribution in [0.25, 0.3) is 0 Å². The van der Waals surface area contributed by atoms with Crippen LogP contribution in [0.1, 0.15) is 24.5 Å². The van der Waals surface area contributed by atoms with Crippen molar-refractivity contribution in [2.45, 2.75) is 19.9 Å². The van der Waals surface area contributed by atoms with Crippen molar-refractivity contribution in [1.29, 1.82) is 5.26 Å². The zero-order valence-electron chi connectivity index (χ0n) is 12.5. The fourth-order valence-corrected chi connectivity index (χ4v) is 2.47. The van der Waals surface area contributed by atoms with E-state index in [9.17, 15) is 0 Å². The van der Waals surface area contributed by atoms with E-state index in [1.165, 1.54) is 0 Å². The molecule has 0 unspecified atom stereocenters. The highest BCUT2D eigenvalue weighted by atomic mass is 16.5. The van der Waals surface area contributed by atoms with Crippen LogP contribution in [-0.4, -0.2) is 17.8 Å². The molecular weight excluding hydrogens is 274 g/mol. The number of nitrogens with zero attached hydrogens (tertiary/aromatic N) is 3. The molecular formula is C18H17N3O. The summed E-state index contributed by atoms with van der Waals surface area (Å²) >= 11 is 0. The van der Waals surface area contributed by atoms with Crippen LogP contribution in [0.5, 0.6) is 11.5 Å². The first kappa shape index (κ1) is 14.2. The first-order valence-electron chi connectivity index (χ1n) is 7.37. The lowest BCUT2D eigenvalue weighted by Crippen LogP contribution is -2.24. The van der Waals surface area contributed by atoms with E-state index in [1.54, 1.807) is 12.1 Å². The van der Waals surface area contributed by atoms with E-state index >= 15 is 0 Å². The molecule has 0 fully saturated rings. The van der Waals surface area contributed by atoms with Crippen molar-refractivity contribution < 1.29 is 4.74 Å². The molecule has 0 spiro atoms. The maximum Gasteiger partial charge on any atom is 0.128 e. The number of hydrogen-bond acceptors (Lipinski definition) is 4. The molecule has 2 aromatic rings. The van der Waals surface area contributed by atoms with Gasteiger partial charge < -0.3 is 9.64 Å². The number of benzene rings is 2. The molecule has 110 valence electrons. The molecule has 1 heterocycles. The van der Waals surface area contributed by atoms with E-state index in [4.69, 9.17) is 10.00 Å². The monoisotopic (exact) mass is 291 g/mol. The Morgan fingerprint density at radius 2 is 2.09 bits per heavy atom. The Bertz CT molecular complexity index is 746. The van der Waals surface area contributed by atoms with Crippen LogP contribution in [0.4, 0.5) is 5.69 Å². The molecule has 0 aromatic heterocycles. The second-order valence-corrected chi connectivity index (χ2v) is 5.25. The van der Waals surface area contributed by atoms with Gasteiger partial charge in [0.1, 0.15) is 11.5 Å². The normalized spacial score (nSPS) is 12.6. The molecule has 4 nitrogen and oxygen atoms in total. The van der Waals surface area contributed by atoms with Crippen LogP contribution in [0.3, 0.4) is 0 Å². The zero-order chi connectivity index (χ0) is 15.4. The smallest absolute Gasteiger partial charge is 0.128 e. The molecule has 2 aromatic carbocycles. The van der Waals surface area contributed by atoms with Gasteiger partial charge in [-0.25, -0.2) is 4.99 Å². The lowest BCUT2D eigenvalue weighted by atomic mass is 10.1. The maximum atomic E-state index is 8.94. The lowest BCUT2D eigenvalue weighted by Gasteiger charge is -2.24. The molecule has 3 rings (SSSR count). The van der Waals surface area contributed by atoms with Gasteiger partial charge in [0.15, 0.2) is 0 Å². The van der Waals surface area contributed by atoms with Gasteiger partial charge in [-0.15, -0.1) is 0 Å². The van der Waals surface area contributed by atoms with Crippen LogP contribution >= 0.6 is 0 Å². The molecule has 0 N–H and O–H groups in total. The third kappa shape index (κ3) is 3.09. The minimum absolute atomic E-state index is 0.592. The first-order chi connectivity index (χ1) is 10.8. The van der Waals surface area contributed by atoms with Crippen LogP contribution in [-0.2, 0) is 6.54 Å². The summed E-state index contributed by atoms with van der Waals surface area (Å²) in [5.41, 5.74) is 2.74. The van der Waals surface area contributed by atoms with Gasteiger partial charge in [-0.1, -0.05) is 13.0 Å². The number of aliphatic imine (C=N–C) groups is 1. The van der Waals surface area contributed by atoms with E-state index < -0.39 is 0 Å². The fourth-order valence-electron chi connectivity index (χ4n) is 2.47. The predicted molar refractivity (Wildman–Crippen MR) is 86.5 cm³/mol. The van der Waals surface area contributed by atoms with Crippen molar-refractivity contribution in [3.05, 3.63) is 53.6 Å². The highest BCUT2D eigenvalue weighted by Gasteiger charge is 2.12. The third-order valence-corrected chi connectivity index (χ3v) is 3.49. The highest BCUT2D eigenvalue weighted by Crippen LogP contribution is 2.30. The molecule has 0 bridgehead atoms. The number of nitriles is 1. The van der Waals surface area contributed by atoms with Gasteiger partial charge in [-0.3, -0.25) is 0 Å². The summed E-state index contributed by atoms with van der Waals surface area (Å²) in [6, 6.07) is 15.2. The molecule has 0 aliphatic carbocycles. The number of hydrogen-bond donors (Lipinski definition) is 0. The Kier molecular flexibility index (Phi) is 4.06. The Balaban J connectivity index is 1.80. The van der Waals surface area contributed by atoms with E-state index in [-0.39, 0.29) is 0 Å². The molecule has 1 aliphatic heterocycles. The molecule has 0 radical (unpaired) electrons. The van der Waals surface area contributed by atoms with Crippen molar-refractivity contribution in [1.82, 2.24) is 4.90 Å². The summed E-state index contributed by atoms with van der Waals surface area (Å²) < 4.78 is 5.86. The van der Waals surface area contributed by atoms with Crippen LogP contribution in [0, 0.1) is 11.3 Å². The van der Waals surface area contributed by atoms with Gasteiger partial charge in [0.25, 0.3) is 0 Å². The second-order valence-electron chi connectivity index (χ2n) is 5.25. The first-order valence-corrected chi connectivity index (χ1v) is 7.37. The largest absolute Gasteiger partial charge is 0.457 e. The molecule has 0 saturated heterocycles. The van der Waals surface area contributed by atoms with Crippen molar-refractivity contribution in [3.63, 3.8) is 0 Å². The van der Waals surface area contributed by atoms with Gasteiger partial charge in [0.2, 0.25) is 0 Å². The number of fused-ring (bicyclic) bond motifs is 1. The van der Waals surface area contributed by atoms with Gasteiger partial charge in [0.05, 0.1) is 23.7 Å². The molecule has 0 atom stereocenters. The summed E-state index contributed by atoms with van der Waals surface area (Å²) in [5.74, 6) is 1.44. The topological polar surface area (TPSA) is 48.6 Å². The number of rotatable bonds is 4. The quantitative estimate of drug-likeness (QED) is 0.846. The van der Waals surface area contributed by atoms with E-state index in [0.717, 1.165) is 36.5 Å². The second kappa shape index (κ2) is 6.31. The minimum Gasteiger partial charge on any atom is -0.457 e. The van der Waals surface area contributed by atoms with Gasteiger partial charge in [-0.2, -0.15) is 5.26 Å². The van der Waals surface area contributed by atoms with Gasteiger partial charge >= 0.3 is 0 Å². The van der Waals surface area contributed by atoms with E-state index in [2.05, 4.69) is 22.9 Å². The SMILES string of the molecule is CCCN1C=Nc2ccc(Oc3cccc(C#N)c3)cc2C1. The predicted octanol–water partition coefficient (Wildman–Crippen LogP) is 4.24. The Morgan fingerprint density at radius 3 is 2.91 bits per heavy atom. The summed E-state index contributed by atoms with van der Waals surface area (Å²) in [4.78, 5) is 6.67. The molecule has 1 aliphatic rings. The summed E-state index contributed by atoms with van der Waals surface area (Å²) in [5, 5.41) is 8.94. The highest BCUT2D eigenvalue weighted by molar-refractivity contribution is 5.67. The van der Waals surface area contributed by atoms with Crippen molar-refractivity contribution in [2.24, 2.45) is 4.99 Å². The van der Waals surface area contributed by atoms with Crippen molar-refractivity contribution in [2.75, 3.05) is 6.54 Å². The van der Waals surface area contributed by atoms with Crippen LogP contribution < -0.4 is 4.74 Å². The Hall–Kier alpha value is -2.80. The Morgan fingerprint density at radius 1 is 1.23 bits per heavy atom. The third-order valence-electron chi connectivity index (χ3n) is 3.49. The number of ether oxygens (including phenoxy) is 1. The summed E-state index contributed by atoms with van der Waals surface area (Å²) in [6.07, 6.45) is 3.00.